The maximum atomic E-state index is 8.62. The predicted octanol–water partition coefficient (Wildman–Crippen LogP) is 2.63. The maximum Gasteiger partial charge on any atom is 0.188 e. The summed E-state index contributed by atoms with van der Waals surface area (Å²) in [6.45, 7) is 4.04. The largest absolute Gasteiger partial charge is 0.409 e. The van der Waals surface area contributed by atoms with Crippen molar-refractivity contribution in [3.8, 4) is 0 Å². The van der Waals surface area contributed by atoms with Crippen LogP contribution in [0, 0.1) is 0 Å². The highest BCUT2D eigenvalue weighted by molar-refractivity contribution is 5.95. The topological polar surface area (TPSA) is 83.5 Å². The SMILES string of the molecule is CCCCCCCCNCc1ccnc(/C(N)=N/O)c1. The molecule has 1 aromatic rings. The van der Waals surface area contributed by atoms with Gasteiger partial charge in [0, 0.05) is 12.7 Å². The van der Waals surface area contributed by atoms with E-state index in [0.717, 1.165) is 18.7 Å². The monoisotopic (exact) mass is 278 g/mol. The molecule has 1 aromatic heterocycles. The van der Waals surface area contributed by atoms with Gasteiger partial charge >= 0.3 is 0 Å². The molecule has 0 aliphatic heterocycles. The number of hydrogen-bond acceptors (Lipinski definition) is 4. The van der Waals surface area contributed by atoms with E-state index < -0.39 is 0 Å². The lowest BCUT2D eigenvalue weighted by atomic mass is 10.1. The first-order chi connectivity index (χ1) is 9.77. The maximum absolute atomic E-state index is 8.62. The molecule has 1 heterocycles. The van der Waals surface area contributed by atoms with Crippen molar-refractivity contribution in [2.45, 2.75) is 52.0 Å². The Labute approximate surface area is 121 Å². The summed E-state index contributed by atoms with van der Waals surface area (Å²) in [6, 6.07) is 3.77. The normalized spacial score (nSPS) is 11.8. The van der Waals surface area contributed by atoms with Crippen molar-refractivity contribution >= 4 is 5.84 Å². The van der Waals surface area contributed by atoms with E-state index in [4.69, 9.17) is 10.9 Å². The molecule has 5 heteroatoms. The first-order valence-corrected chi connectivity index (χ1v) is 7.41. The zero-order valence-electron chi connectivity index (χ0n) is 12.3. The van der Waals surface area contributed by atoms with Crippen LogP contribution in [0.2, 0.25) is 0 Å². The average Bonchev–Trinajstić information content (AvgIpc) is 2.49. The van der Waals surface area contributed by atoms with Crippen LogP contribution in [0.15, 0.2) is 23.5 Å². The third-order valence-corrected chi connectivity index (χ3v) is 3.23. The van der Waals surface area contributed by atoms with Gasteiger partial charge in [-0.3, -0.25) is 4.98 Å². The first-order valence-electron chi connectivity index (χ1n) is 7.41. The van der Waals surface area contributed by atoms with Gasteiger partial charge in [-0.25, -0.2) is 0 Å². The first kappa shape index (κ1) is 16.4. The molecule has 0 aromatic carbocycles. The number of pyridine rings is 1. The van der Waals surface area contributed by atoms with Gasteiger partial charge in [0.1, 0.15) is 5.69 Å². The van der Waals surface area contributed by atoms with Crippen molar-refractivity contribution in [2.24, 2.45) is 10.9 Å². The highest BCUT2D eigenvalue weighted by Gasteiger charge is 2.01. The smallest absolute Gasteiger partial charge is 0.188 e. The van der Waals surface area contributed by atoms with Crippen LogP contribution in [0.1, 0.15) is 56.7 Å². The van der Waals surface area contributed by atoms with E-state index in [1.54, 1.807) is 6.20 Å². The molecule has 5 nitrogen and oxygen atoms in total. The Bertz CT molecular complexity index is 407. The van der Waals surface area contributed by atoms with Crippen LogP contribution in [0.4, 0.5) is 0 Å². The summed E-state index contributed by atoms with van der Waals surface area (Å²) in [5.41, 5.74) is 7.11. The summed E-state index contributed by atoms with van der Waals surface area (Å²) in [6.07, 6.45) is 9.50. The minimum absolute atomic E-state index is 0.0442. The Hall–Kier alpha value is -1.62. The second kappa shape index (κ2) is 10.2. The van der Waals surface area contributed by atoms with Gasteiger partial charge in [-0.1, -0.05) is 44.2 Å². The number of nitrogens with one attached hydrogen (secondary N) is 1. The molecular weight excluding hydrogens is 252 g/mol. The molecule has 0 aliphatic carbocycles. The van der Waals surface area contributed by atoms with E-state index in [0.29, 0.717) is 5.69 Å². The fourth-order valence-electron chi connectivity index (χ4n) is 2.04. The fraction of sp³-hybridized carbons (Fsp3) is 0.600. The fourth-order valence-corrected chi connectivity index (χ4v) is 2.04. The van der Waals surface area contributed by atoms with Crippen LogP contribution >= 0.6 is 0 Å². The van der Waals surface area contributed by atoms with Crippen LogP contribution in [0.25, 0.3) is 0 Å². The lowest BCUT2D eigenvalue weighted by Crippen LogP contribution is -2.18. The van der Waals surface area contributed by atoms with Gasteiger partial charge in [-0.2, -0.15) is 0 Å². The van der Waals surface area contributed by atoms with Crippen LogP contribution in [-0.2, 0) is 6.54 Å². The van der Waals surface area contributed by atoms with Crippen molar-refractivity contribution < 1.29 is 5.21 Å². The zero-order valence-corrected chi connectivity index (χ0v) is 12.3. The van der Waals surface area contributed by atoms with Gasteiger partial charge < -0.3 is 16.3 Å². The van der Waals surface area contributed by atoms with Gasteiger partial charge in [-0.05, 0) is 30.7 Å². The minimum atomic E-state index is 0.0442. The number of nitrogens with zero attached hydrogens (tertiary/aromatic N) is 2. The molecule has 0 bridgehead atoms. The van der Waals surface area contributed by atoms with E-state index >= 15 is 0 Å². The standard InChI is InChI=1S/C15H26N4O/c1-2-3-4-5-6-7-9-17-12-13-8-10-18-14(11-13)15(16)19-20/h8,10-11,17,20H,2-7,9,12H2,1H3,(H2,16,19). The molecule has 4 N–H and O–H groups in total. The van der Waals surface area contributed by atoms with Crippen LogP contribution in [-0.4, -0.2) is 22.6 Å². The van der Waals surface area contributed by atoms with E-state index in [2.05, 4.69) is 22.4 Å². The third kappa shape index (κ3) is 6.52. The molecule has 20 heavy (non-hydrogen) atoms. The van der Waals surface area contributed by atoms with E-state index in [9.17, 15) is 0 Å². The number of hydrogen-bond donors (Lipinski definition) is 3. The molecule has 0 unspecified atom stereocenters. The Kier molecular flexibility index (Phi) is 8.38. The van der Waals surface area contributed by atoms with Crippen LogP contribution in [0.3, 0.4) is 0 Å². The summed E-state index contributed by atoms with van der Waals surface area (Å²) in [4.78, 5) is 4.05. The minimum Gasteiger partial charge on any atom is -0.409 e. The third-order valence-electron chi connectivity index (χ3n) is 3.23. The molecule has 0 saturated carbocycles. The Morgan fingerprint density at radius 2 is 2.05 bits per heavy atom. The quantitative estimate of drug-likeness (QED) is 0.202. The molecule has 0 amide bonds. The summed E-state index contributed by atoms with van der Waals surface area (Å²) >= 11 is 0. The molecular formula is C15H26N4O. The van der Waals surface area contributed by atoms with Crippen molar-refractivity contribution in [2.75, 3.05) is 6.54 Å². The number of unbranched alkanes of at least 4 members (excludes halogenated alkanes) is 5. The molecule has 0 atom stereocenters. The second-order valence-electron chi connectivity index (χ2n) is 4.98. The van der Waals surface area contributed by atoms with Gasteiger partial charge in [-0.15, -0.1) is 0 Å². The van der Waals surface area contributed by atoms with Crippen molar-refractivity contribution in [3.63, 3.8) is 0 Å². The Balaban J connectivity index is 2.19. The van der Waals surface area contributed by atoms with Crippen molar-refractivity contribution in [1.82, 2.24) is 10.3 Å². The highest BCUT2D eigenvalue weighted by atomic mass is 16.4. The molecule has 0 aliphatic rings. The van der Waals surface area contributed by atoms with E-state index in [-0.39, 0.29) is 5.84 Å². The highest BCUT2D eigenvalue weighted by Crippen LogP contribution is 2.05. The van der Waals surface area contributed by atoms with Crippen molar-refractivity contribution in [1.29, 1.82) is 0 Å². The predicted molar refractivity (Wildman–Crippen MR) is 81.8 cm³/mol. The van der Waals surface area contributed by atoms with Gasteiger partial charge in [0.25, 0.3) is 0 Å². The number of oxime groups is 1. The molecule has 112 valence electrons. The van der Waals surface area contributed by atoms with Crippen LogP contribution < -0.4 is 11.1 Å². The lowest BCUT2D eigenvalue weighted by Gasteiger charge is -2.06. The van der Waals surface area contributed by atoms with E-state index in [1.165, 1.54) is 38.5 Å². The molecule has 1 rings (SSSR count). The Morgan fingerprint density at radius 3 is 2.80 bits per heavy atom. The number of amidine groups is 1. The molecule has 0 saturated heterocycles. The Morgan fingerprint density at radius 1 is 1.30 bits per heavy atom. The number of rotatable bonds is 10. The summed E-state index contributed by atoms with van der Waals surface area (Å²) < 4.78 is 0. The number of aromatic nitrogens is 1. The molecule has 0 spiro atoms. The second-order valence-corrected chi connectivity index (χ2v) is 4.98. The van der Waals surface area contributed by atoms with Crippen molar-refractivity contribution in [3.05, 3.63) is 29.6 Å². The van der Waals surface area contributed by atoms with E-state index in [1.807, 2.05) is 12.1 Å². The zero-order chi connectivity index (χ0) is 14.6. The summed E-state index contributed by atoms with van der Waals surface area (Å²) in [7, 11) is 0. The lowest BCUT2D eigenvalue weighted by molar-refractivity contribution is 0.318. The molecule has 0 fully saturated rings. The van der Waals surface area contributed by atoms with Crippen LogP contribution in [0.5, 0.6) is 0 Å². The van der Waals surface area contributed by atoms with Gasteiger partial charge in [0.15, 0.2) is 5.84 Å². The summed E-state index contributed by atoms with van der Waals surface area (Å²) in [5.74, 6) is 0.0442. The van der Waals surface area contributed by atoms with Gasteiger partial charge in [0.05, 0.1) is 0 Å². The summed E-state index contributed by atoms with van der Waals surface area (Å²) in [5, 5.41) is 15.0. The van der Waals surface area contributed by atoms with Gasteiger partial charge in [0.2, 0.25) is 0 Å². The number of nitrogens with two attached hydrogens (primary N) is 1. The average molecular weight is 278 g/mol. The molecule has 0 radical (unpaired) electrons.